The summed E-state index contributed by atoms with van der Waals surface area (Å²) in [6.07, 6.45) is 1.89. The predicted octanol–water partition coefficient (Wildman–Crippen LogP) is 11.0. The van der Waals surface area contributed by atoms with Gasteiger partial charge in [0.2, 0.25) is 0 Å². The third kappa shape index (κ3) is 4.61. The number of para-hydroxylation sites is 3. The third-order valence-corrected chi connectivity index (χ3v) is 8.23. The average molecular weight is 564 g/mol. The van der Waals surface area contributed by atoms with E-state index < -0.39 is 0 Å². The SMILES string of the molecule is c1ccc(-c2ccnc(-c3ccc(-n4c5ccccc5c5cc(N(c6ccccc6)c6ccccc6)ccc54)cc3)c2)cc1. The van der Waals surface area contributed by atoms with Crippen LogP contribution in [0.15, 0.2) is 176 Å². The first-order chi connectivity index (χ1) is 21.8. The van der Waals surface area contributed by atoms with Crippen molar-refractivity contribution in [2.75, 3.05) is 4.90 Å². The largest absolute Gasteiger partial charge is 0.310 e. The van der Waals surface area contributed by atoms with E-state index in [1.807, 2.05) is 12.3 Å². The van der Waals surface area contributed by atoms with Gasteiger partial charge in [-0.3, -0.25) is 4.98 Å². The van der Waals surface area contributed by atoms with E-state index in [1.54, 1.807) is 0 Å². The number of hydrogen-bond donors (Lipinski definition) is 0. The van der Waals surface area contributed by atoms with Gasteiger partial charge in [0.25, 0.3) is 0 Å². The van der Waals surface area contributed by atoms with Crippen LogP contribution in [0.3, 0.4) is 0 Å². The number of anilines is 3. The van der Waals surface area contributed by atoms with Crippen molar-refractivity contribution < 1.29 is 0 Å². The molecule has 0 atom stereocenters. The molecule has 0 saturated carbocycles. The number of hydrogen-bond acceptors (Lipinski definition) is 2. The molecule has 0 amide bonds. The molecular weight excluding hydrogens is 534 g/mol. The van der Waals surface area contributed by atoms with Crippen LogP contribution in [-0.2, 0) is 0 Å². The van der Waals surface area contributed by atoms with Gasteiger partial charge in [-0.2, -0.15) is 0 Å². The van der Waals surface area contributed by atoms with Gasteiger partial charge in [-0.1, -0.05) is 97.1 Å². The van der Waals surface area contributed by atoms with E-state index in [0.29, 0.717) is 0 Å². The standard InChI is InChI=1S/C41H29N3/c1-4-12-30(13-5-1)32-26-27-42-39(28-32)31-20-22-35(23-21-31)44-40-19-11-10-18-37(40)38-29-36(24-25-41(38)44)43(33-14-6-2-7-15-33)34-16-8-3-9-17-34/h1-29H. The highest BCUT2D eigenvalue weighted by molar-refractivity contribution is 6.10. The monoisotopic (exact) mass is 563 g/mol. The zero-order valence-electron chi connectivity index (χ0n) is 24.1. The Balaban J connectivity index is 1.23. The minimum absolute atomic E-state index is 0.965. The Morgan fingerprint density at radius 1 is 0.409 bits per heavy atom. The number of nitrogens with zero attached hydrogens (tertiary/aromatic N) is 3. The molecule has 0 aliphatic heterocycles. The van der Waals surface area contributed by atoms with E-state index >= 15 is 0 Å². The lowest BCUT2D eigenvalue weighted by Crippen LogP contribution is -2.09. The maximum absolute atomic E-state index is 4.69. The quantitative estimate of drug-likeness (QED) is 0.201. The highest BCUT2D eigenvalue weighted by Gasteiger charge is 2.17. The minimum Gasteiger partial charge on any atom is -0.310 e. The molecule has 8 aromatic rings. The van der Waals surface area contributed by atoms with Crippen LogP contribution >= 0.6 is 0 Å². The van der Waals surface area contributed by atoms with Crippen molar-refractivity contribution in [3.05, 3.63) is 176 Å². The Bertz CT molecular complexity index is 2160. The average Bonchev–Trinajstić information content (AvgIpc) is 3.44. The molecule has 0 aliphatic rings. The first kappa shape index (κ1) is 25.8. The van der Waals surface area contributed by atoms with Crippen molar-refractivity contribution in [3.8, 4) is 28.1 Å². The summed E-state index contributed by atoms with van der Waals surface area (Å²) in [5.41, 5.74) is 11.3. The van der Waals surface area contributed by atoms with Crippen LogP contribution in [0.5, 0.6) is 0 Å². The molecule has 0 bridgehead atoms. The van der Waals surface area contributed by atoms with Crippen LogP contribution in [0, 0.1) is 0 Å². The fraction of sp³-hybridized carbons (Fsp3) is 0. The lowest BCUT2D eigenvalue weighted by atomic mass is 10.0. The summed E-state index contributed by atoms with van der Waals surface area (Å²) in [5, 5.41) is 2.45. The number of fused-ring (bicyclic) bond motifs is 3. The fourth-order valence-electron chi connectivity index (χ4n) is 6.16. The maximum Gasteiger partial charge on any atom is 0.0708 e. The highest BCUT2D eigenvalue weighted by atomic mass is 15.1. The second kappa shape index (κ2) is 11.0. The van der Waals surface area contributed by atoms with E-state index in [-0.39, 0.29) is 0 Å². The van der Waals surface area contributed by atoms with Gasteiger partial charge in [-0.25, -0.2) is 0 Å². The molecule has 0 unspecified atom stereocenters. The number of rotatable bonds is 6. The molecule has 0 radical (unpaired) electrons. The van der Waals surface area contributed by atoms with Gasteiger partial charge >= 0.3 is 0 Å². The predicted molar refractivity (Wildman–Crippen MR) is 184 cm³/mol. The summed E-state index contributed by atoms with van der Waals surface area (Å²) in [4.78, 5) is 7.01. The van der Waals surface area contributed by atoms with E-state index in [2.05, 4.69) is 173 Å². The molecule has 44 heavy (non-hydrogen) atoms. The minimum atomic E-state index is 0.965. The Labute approximate surface area is 256 Å². The van der Waals surface area contributed by atoms with E-state index in [0.717, 1.165) is 39.6 Å². The van der Waals surface area contributed by atoms with Gasteiger partial charge in [0.15, 0.2) is 0 Å². The molecule has 0 aliphatic carbocycles. The highest BCUT2D eigenvalue weighted by Crippen LogP contribution is 2.39. The van der Waals surface area contributed by atoms with Crippen molar-refractivity contribution in [1.82, 2.24) is 9.55 Å². The van der Waals surface area contributed by atoms with Crippen molar-refractivity contribution in [2.24, 2.45) is 0 Å². The second-order valence-corrected chi connectivity index (χ2v) is 10.9. The molecule has 0 fully saturated rings. The first-order valence-corrected chi connectivity index (χ1v) is 14.9. The molecule has 2 heterocycles. The third-order valence-electron chi connectivity index (χ3n) is 8.23. The van der Waals surface area contributed by atoms with Gasteiger partial charge in [0.05, 0.1) is 16.7 Å². The Morgan fingerprint density at radius 2 is 1.02 bits per heavy atom. The molecule has 3 nitrogen and oxygen atoms in total. The number of benzene rings is 6. The molecular formula is C41H29N3. The zero-order chi connectivity index (χ0) is 29.3. The molecule has 0 N–H and O–H groups in total. The number of pyridine rings is 1. The molecule has 0 spiro atoms. The van der Waals surface area contributed by atoms with Crippen LogP contribution < -0.4 is 4.90 Å². The smallest absolute Gasteiger partial charge is 0.0708 e. The van der Waals surface area contributed by atoms with Crippen LogP contribution in [0.1, 0.15) is 0 Å². The molecule has 8 rings (SSSR count). The Kier molecular flexibility index (Phi) is 6.47. The zero-order valence-corrected chi connectivity index (χ0v) is 24.1. The lowest BCUT2D eigenvalue weighted by Gasteiger charge is -2.25. The van der Waals surface area contributed by atoms with Gasteiger partial charge in [0, 0.05) is 45.3 Å². The summed E-state index contributed by atoms with van der Waals surface area (Å²) in [7, 11) is 0. The molecule has 6 aromatic carbocycles. The van der Waals surface area contributed by atoms with E-state index in [1.165, 1.54) is 27.4 Å². The summed E-state index contributed by atoms with van der Waals surface area (Å²) >= 11 is 0. The lowest BCUT2D eigenvalue weighted by molar-refractivity contribution is 1.18. The van der Waals surface area contributed by atoms with Crippen LogP contribution in [0.25, 0.3) is 49.9 Å². The van der Waals surface area contributed by atoms with Crippen molar-refractivity contribution in [1.29, 1.82) is 0 Å². The summed E-state index contributed by atoms with van der Waals surface area (Å²) < 4.78 is 2.36. The van der Waals surface area contributed by atoms with Gasteiger partial charge in [-0.15, -0.1) is 0 Å². The topological polar surface area (TPSA) is 21.1 Å². The Morgan fingerprint density at radius 3 is 1.73 bits per heavy atom. The van der Waals surface area contributed by atoms with Crippen LogP contribution in [-0.4, -0.2) is 9.55 Å². The van der Waals surface area contributed by atoms with E-state index in [4.69, 9.17) is 4.98 Å². The normalized spacial score (nSPS) is 11.2. The Hall–Kier alpha value is -5.93. The molecule has 0 saturated heterocycles. The summed E-state index contributed by atoms with van der Waals surface area (Å²) in [6, 6.07) is 60.0. The van der Waals surface area contributed by atoms with Crippen molar-refractivity contribution >= 4 is 38.9 Å². The first-order valence-electron chi connectivity index (χ1n) is 14.9. The summed E-state index contributed by atoms with van der Waals surface area (Å²) in [6.45, 7) is 0. The van der Waals surface area contributed by atoms with Crippen LogP contribution in [0.4, 0.5) is 17.1 Å². The van der Waals surface area contributed by atoms with Gasteiger partial charge < -0.3 is 9.47 Å². The molecule has 2 aromatic heterocycles. The van der Waals surface area contributed by atoms with E-state index in [9.17, 15) is 0 Å². The van der Waals surface area contributed by atoms with Crippen LogP contribution in [0.2, 0.25) is 0 Å². The second-order valence-electron chi connectivity index (χ2n) is 10.9. The van der Waals surface area contributed by atoms with Crippen molar-refractivity contribution in [3.63, 3.8) is 0 Å². The maximum atomic E-state index is 4.69. The molecule has 208 valence electrons. The van der Waals surface area contributed by atoms with Gasteiger partial charge in [-0.05, 0) is 83.9 Å². The summed E-state index contributed by atoms with van der Waals surface area (Å²) in [5.74, 6) is 0. The number of aromatic nitrogens is 2. The van der Waals surface area contributed by atoms with Crippen molar-refractivity contribution in [2.45, 2.75) is 0 Å². The fourth-order valence-corrected chi connectivity index (χ4v) is 6.16. The molecule has 3 heteroatoms. The van der Waals surface area contributed by atoms with Gasteiger partial charge in [0.1, 0.15) is 0 Å².